The quantitative estimate of drug-likeness (QED) is 0.453. The maximum absolute atomic E-state index is 12.4. The molecule has 1 amide bonds. The molecule has 0 unspecified atom stereocenters. The van der Waals surface area contributed by atoms with Gasteiger partial charge >= 0.3 is 0 Å². The Balaban J connectivity index is 1.55. The fourth-order valence-corrected chi connectivity index (χ4v) is 4.30. The number of hydrogen-bond donors (Lipinski definition) is 3. The lowest BCUT2D eigenvalue weighted by atomic mass is 10.2. The normalized spacial score (nSPS) is 14.5. The first-order chi connectivity index (χ1) is 13.5. The van der Waals surface area contributed by atoms with Crippen LogP contribution in [0.3, 0.4) is 0 Å². The Morgan fingerprint density at radius 2 is 2.11 bits per heavy atom. The second-order valence-electron chi connectivity index (χ2n) is 6.96. The van der Waals surface area contributed by atoms with E-state index < -0.39 is 0 Å². The second kappa shape index (κ2) is 7.65. The first kappa shape index (κ1) is 18.5. The Morgan fingerprint density at radius 1 is 1.32 bits per heavy atom. The van der Waals surface area contributed by atoms with Gasteiger partial charge in [-0.1, -0.05) is 12.1 Å². The fourth-order valence-electron chi connectivity index (χ4n) is 3.39. The van der Waals surface area contributed by atoms with Crippen molar-refractivity contribution >= 4 is 34.1 Å². The second-order valence-corrected chi connectivity index (χ2v) is 8.09. The van der Waals surface area contributed by atoms with Crippen molar-refractivity contribution in [3.05, 3.63) is 47.0 Å². The maximum Gasteiger partial charge on any atom is 0.276 e. The summed E-state index contributed by atoms with van der Waals surface area (Å²) < 4.78 is 6.11. The lowest BCUT2D eigenvalue weighted by Gasteiger charge is -2.12. The summed E-state index contributed by atoms with van der Waals surface area (Å²) in [4.78, 5) is 20.4. The number of fused-ring (bicyclic) bond motifs is 1. The Morgan fingerprint density at radius 3 is 2.86 bits per heavy atom. The predicted molar refractivity (Wildman–Crippen MR) is 111 cm³/mol. The zero-order chi connectivity index (χ0) is 19.7. The van der Waals surface area contributed by atoms with Gasteiger partial charge < -0.3 is 15.5 Å². The minimum atomic E-state index is -0.362. The molecule has 1 aliphatic heterocycles. The summed E-state index contributed by atoms with van der Waals surface area (Å²) in [5, 5.41) is 9.12. The van der Waals surface area contributed by atoms with Crippen LogP contribution in [-0.2, 0) is 6.54 Å². The fraction of sp³-hybridized carbons (Fsp3) is 0.300. The molecule has 1 aromatic carbocycles. The number of para-hydroxylation sites is 1. The molecule has 2 aromatic heterocycles. The first-order valence-electron chi connectivity index (χ1n) is 9.24. The number of thiophene rings is 1. The van der Waals surface area contributed by atoms with Crippen LogP contribution in [0.25, 0.3) is 10.9 Å². The maximum atomic E-state index is 12.4. The number of benzene rings is 1. The molecular weight excluding hydrogens is 374 g/mol. The third-order valence-corrected chi connectivity index (χ3v) is 5.89. The van der Waals surface area contributed by atoms with Crippen LogP contribution in [0.1, 0.15) is 28.2 Å². The largest absolute Gasteiger partial charge is 0.444 e. The number of nitrogens with one attached hydrogen (secondary N) is 2. The molecule has 1 aliphatic rings. The average molecular weight is 398 g/mol. The molecule has 3 aromatic rings. The third-order valence-electron chi connectivity index (χ3n) is 4.94. The molecule has 3 heterocycles. The van der Waals surface area contributed by atoms with E-state index in [1.165, 1.54) is 37.9 Å². The summed E-state index contributed by atoms with van der Waals surface area (Å²) >= 11 is 1.65. The van der Waals surface area contributed by atoms with Gasteiger partial charge in [-0.2, -0.15) is 0 Å². The van der Waals surface area contributed by atoms with Gasteiger partial charge in [0.05, 0.1) is 5.52 Å². The molecule has 1 saturated heterocycles. The molecule has 4 N–H and O–H groups in total. The van der Waals surface area contributed by atoms with Gasteiger partial charge in [-0.3, -0.25) is 20.0 Å². The number of aromatic nitrogens is 1. The van der Waals surface area contributed by atoms with Crippen molar-refractivity contribution in [2.45, 2.75) is 19.4 Å². The number of ether oxygens (including phenoxy) is 1. The van der Waals surface area contributed by atoms with Gasteiger partial charge in [-0.15, -0.1) is 11.3 Å². The van der Waals surface area contributed by atoms with Crippen LogP contribution in [-0.4, -0.2) is 46.8 Å². The standard InChI is InChI=1S/C20H23N5O2S/c1-24(20(21)22)19(26)15-11-13-5-4-6-16(18(13)23-15)27-17-8-7-14(28-17)12-25-9-2-3-10-25/h4-8,11,23H,2-3,9-10,12H2,1H3,(H3,21,22). The Kier molecular flexibility index (Phi) is 5.06. The number of guanidine groups is 1. The molecular formula is C20H23N5O2S. The number of carbonyl (C=O) groups is 1. The van der Waals surface area contributed by atoms with Gasteiger partial charge in [0.2, 0.25) is 0 Å². The SMILES string of the molecule is CN(C(=N)N)C(=O)c1cc2cccc(Oc3ccc(CN4CCCC4)s3)c2[nH]1. The van der Waals surface area contributed by atoms with Crippen LogP contribution in [0.2, 0.25) is 0 Å². The topological polar surface area (TPSA) is 98.4 Å². The van der Waals surface area contributed by atoms with Crippen molar-refractivity contribution in [3.8, 4) is 10.8 Å². The van der Waals surface area contributed by atoms with Gasteiger partial charge in [0, 0.05) is 23.9 Å². The number of nitrogens with two attached hydrogens (primary N) is 1. The van der Waals surface area contributed by atoms with Crippen LogP contribution in [0.15, 0.2) is 36.4 Å². The molecule has 0 atom stereocenters. The lowest BCUT2D eigenvalue weighted by molar-refractivity contribution is 0.0864. The van der Waals surface area contributed by atoms with Crippen molar-refractivity contribution < 1.29 is 9.53 Å². The number of nitrogens with zero attached hydrogens (tertiary/aromatic N) is 2. The van der Waals surface area contributed by atoms with E-state index in [4.69, 9.17) is 15.9 Å². The van der Waals surface area contributed by atoms with Crippen molar-refractivity contribution in [1.82, 2.24) is 14.8 Å². The zero-order valence-electron chi connectivity index (χ0n) is 15.7. The number of amides is 1. The van der Waals surface area contributed by atoms with Crippen LogP contribution >= 0.6 is 11.3 Å². The monoisotopic (exact) mass is 397 g/mol. The molecule has 4 rings (SSSR count). The number of likely N-dealkylation sites (tertiary alicyclic amines) is 1. The van der Waals surface area contributed by atoms with Crippen LogP contribution in [0.4, 0.5) is 0 Å². The van der Waals surface area contributed by atoms with Crippen LogP contribution in [0, 0.1) is 5.41 Å². The number of aromatic amines is 1. The van der Waals surface area contributed by atoms with Gasteiger partial charge in [0.25, 0.3) is 5.91 Å². The minimum absolute atomic E-state index is 0.302. The van der Waals surface area contributed by atoms with Crippen molar-refractivity contribution in [1.29, 1.82) is 5.41 Å². The zero-order valence-corrected chi connectivity index (χ0v) is 16.5. The average Bonchev–Trinajstić information content (AvgIpc) is 3.42. The number of H-pyrrole nitrogens is 1. The van der Waals surface area contributed by atoms with Gasteiger partial charge in [-0.25, -0.2) is 0 Å². The molecule has 0 spiro atoms. The molecule has 146 valence electrons. The molecule has 0 saturated carbocycles. The molecule has 0 aliphatic carbocycles. The highest BCUT2D eigenvalue weighted by Crippen LogP contribution is 2.34. The van der Waals surface area contributed by atoms with E-state index in [1.807, 2.05) is 24.3 Å². The Hall–Kier alpha value is -2.84. The summed E-state index contributed by atoms with van der Waals surface area (Å²) in [6, 6.07) is 11.5. The smallest absolute Gasteiger partial charge is 0.276 e. The number of carbonyl (C=O) groups excluding carboxylic acids is 1. The van der Waals surface area contributed by atoms with E-state index in [1.54, 1.807) is 17.4 Å². The number of rotatable bonds is 5. The van der Waals surface area contributed by atoms with Crippen LogP contribution in [0.5, 0.6) is 10.8 Å². The summed E-state index contributed by atoms with van der Waals surface area (Å²) in [6.45, 7) is 3.31. The lowest BCUT2D eigenvalue weighted by Crippen LogP contribution is -2.38. The van der Waals surface area contributed by atoms with E-state index in [0.717, 1.165) is 27.4 Å². The Bertz CT molecular complexity index is 1020. The molecule has 7 nitrogen and oxygen atoms in total. The molecule has 8 heteroatoms. The highest BCUT2D eigenvalue weighted by atomic mass is 32.1. The summed E-state index contributed by atoms with van der Waals surface area (Å²) in [7, 11) is 1.47. The van der Waals surface area contributed by atoms with E-state index in [9.17, 15) is 4.79 Å². The van der Waals surface area contributed by atoms with Crippen molar-refractivity contribution in [2.75, 3.05) is 20.1 Å². The third kappa shape index (κ3) is 3.74. The van der Waals surface area contributed by atoms with E-state index in [-0.39, 0.29) is 11.9 Å². The van der Waals surface area contributed by atoms with Gasteiger partial charge in [0.15, 0.2) is 16.8 Å². The molecule has 28 heavy (non-hydrogen) atoms. The molecule has 0 bridgehead atoms. The number of hydrogen-bond acceptors (Lipinski definition) is 5. The minimum Gasteiger partial charge on any atom is -0.444 e. The summed E-state index contributed by atoms with van der Waals surface area (Å²) in [5.41, 5.74) is 6.52. The van der Waals surface area contributed by atoms with Gasteiger partial charge in [0.1, 0.15) is 5.69 Å². The van der Waals surface area contributed by atoms with Crippen molar-refractivity contribution in [3.63, 3.8) is 0 Å². The predicted octanol–water partition coefficient (Wildman–Crippen LogP) is 3.58. The first-order valence-corrected chi connectivity index (χ1v) is 10.1. The van der Waals surface area contributed by atoms with E-state index in [2.05, 4.69) is 16.0 Å². The van der Waals surface area contributed by atoms with Crippen LogP contribution < -0.4 is 10.5 Å². The van der Waals surface area contributed by atoms with Crippen molar-refractivity contribution in [2.24, 2.45) is 5.73 Å². The Labute approximate surface area is 167 Å². The van der Waals surface area contributed by atoms with E-state index in [0.29, 0.717) is 11.4 Å². The molecule has 0 radical (unpaired) electrons. The summed E-state index contributed by atoms with van der Waals surface area (Å²) in [6.07, 6.45) is 2.56. The highest BCUT2D eigenvalue weighted by molar-refractivity contribution is 7.13. The van der Waals surface area contributed by atoms with E-state index >= 15 is 0 Å². The summed E-state index contributed by atoms with van der Waals surface area (Å²) in [5.74, 6) is -0.000444. The van der Waals surface area contributed by atoms with Gasteiger partial charge in [-0.05, 0) is 50.2 Å². The molecule has 1 fully saturated rings. The highest BCUT2D eigenvalue weighted by Gasteiger charge is 2.18.